The van der Waals surface area contributed by atoms with E-state index in [0.717, 1.165) is 22.3 Å². The van der Waals surface area contributed by atoms with Crippen LogP contribution < -0.4 is 10.6 Å². The number of hydrogen-bond acceptors (Lipinski definition) is 5. The number of benzene rings is 2. The molecule has 0 radical (unpaired) electrons. The van der Waals surface area contributed by atoms with E-state index in [1.807, 2.05) is 48.5 Å². The molecule has 0 fully saturated rings. The minimum Gasteiger partial charge on any atom is -0.480 e. The fourth-order valence-corrected chi connectivity index (χ4v) is 3.57. The van der Waals surface area contributed by atoms with Crippen molar-refractivity contribution in [3.8, 4) is 11.1 Å². The van der Waals surface area contributed by atoms with Gasteiger partial charge in [-0.1, -0.05) is 48.5 Å². The minimum atomic E-state index is -1.26. The van der Waals surface area contributed by atoms with E-state index >= 15 is 0 Å². The van der Waals surface area contributed by atoms with Gasteiger partial charge < -0.3 is 25.6 Å². The van der Waals surface area contributed by atoms with Crippen molar-refractivity contribution < 1.29 is 29.3 Å². The second-order valence-corrected chi connectivity index (χ2v) is 7.10. The van der Waals surface area contributed by atoms with Crippen LogP contribution in [-0.4, -0.2) is 53.5 Å². The lowest BCUT2D eigenvalue weighted by atomic mass is 9.98. The van der Waals surface area contributed by atoms with Crippen LogP contribution in [0, 0.1) is 0 Å². The molecule has 1 aliphatic carbocycles. The fourth-order valence-electron chi connectivity index (χ4n) is 3.57. The van der Waals surface area contributed by atoms with Crippen LogP contribution in [0.4, 0.5) is 4.79 Å². The van der Waals surface area contributed by atoms with E-state index in [0.29, 0.717) is 0 Å². The van der Waals surface area contributed by atoms with Gasteiger partial charge in [-0.2, -0.15) is 0 Å². The van der Waals surface area contributed by atoms with E-state index in [-0.39, 0.29) is 25.6 Å². The number of carboxylic acid groups (broad SMARTS) is 1. The normalized spacial score (nSPS) is 14.2. The lowest BCUT2D eigenvalue weighted by Crippen LogP contribution is -2.50. The number of ether oxygens (including phenoxy) is 1. The standard InChI is InChI=1S/C22H24N2O6/c1-13(20(26)24-19(10-11-25)21(27)28)23-22(29)30-12-18-16-8-4-2-6-14(16)15-7-3-5-9-17(15)18/h2-9,13,18-19,25H,10-12H2,1H3,(H,23,29)(H,24,26)(H,27,28)/t13-,19-/m0/s1. The van der Waals surface area contributed by atoms with Gasteiger partial charge in [-0.15, -0.1) is 0 Å². The number of rotatable bonds is 8. The highest BCUT2D eigenvalue weighted by atomic mass is 16.5. The fraction of sp³-hybridized carbons (Fsp3) is 0.318. The van der Waals surface area contributed by atoms with Gasteiger partial charge in [0.1, 0.15) is 18.7 Å². The molecule has 0 aliphatic heterocycles. The second kappa shape index (κ2) is 9.41. The zero-order valence-electron chi connectivity index (χ0n) is 16.5. The molecule has 0 unspecified atom stereocenters. The van der Waals surface area contributed by atoms with Gasteiger partial charge in [-0.3, -0.25) is 4.79 Å². The first-order valence-electron chi connectivity index (χ1n) is 9.68. The Kier molecular flexibility index (Phi) is 6.68. The lowest BCUT2D eigenvalue weighted by Gasteiger charge is -2.19. The van der Waals surface area contributed by atoms with Crippen LogP contribution in [0.1, 0.15) is 30.4 Å². The van der Waals surface area contributed by atoms with Gasteiger partial charge in [0, 0.05) is 18.9 Å². The van der Waals surface area contributed by atoms with Crippen LogP contribution in [0.15, 0.2) is 48.5 Å². The maximum atomic E-state index is 12.2. The number of fused-ring (bicyclic) bond motifs is 3. The summed E-state index contributed by atoms with van der Waals surface area (Å²) in [5, 5.41) is 22.6. The van der Waals surface area contributed by atoms with Gasteiger partial charge in [0.15, 0.2) is 0 Å². The van der Waals surface area contributed by atoms with Gasteiger partial charge in [-0.25, -0.2) is 9.59 Å². The van der Waals surface area contributed by atoms with Crippen molar-refractivity contribution in [2.24, 2.45) is 0 Å². The van der Waals surface area contributed by atoms with Crippen molar-refractivity contribution in [1.82, 2.24) is 10.6 Å². The van der Waals surface area contributed by atoms with E-state index in [1.165, 1.54) is 6.92 Å². The summed E-state index contributed by atoms with van der Waals surface area (Å²) in [6, 6.07) is 13.7. The summed E-state index contributed by atoms with van der Waals surface area (Å²) < 4.78 is 5.37. The first-order chi connectivity index (χ1) is 14.4. The van der Waals surface area contributed by atoms with Crippen LogP contribution in [0.2, 0.25) is 0 Å². The molecule has 0 saturated carbocycles. The molecule has 2 aromatic carbocycles. The van der Waals surface area contributed by atoms with Crippen molar-refractivity contribution in [3.63, 3.8) is 0 Å². The zero-order chi connectivity index (χ0) is 21.7. The molecular formula is C22H24N2O6. The Bertz CT molecular complexity index is 899. The minimum absolute atomic E-state index is 0.103. The predicted octanol–water partition coefficient (Wildman–Crippen LogP) is 1.87. The Labute approximate surface area is 173 Å². The molecule has 8 heteroatoms. The molecule has 3 rings (SSSR count). The number of hydrogen-bond donors (Lipinski definition) is 4. The van der Waals surface area contributed by atoms with Crippen LogP contribution in [0.5, 0.6) is 0 Å². The van der Waals surface area contributed by atoms with Gasteiger partial charge >= 0.3 is 12.1 Å². The molecule has 2 atom stereocenters. The highest BCUT2D eigenvalue weighted by molar-refractivity contribution is 5.89. The second-order valence-electron chi connectivity index (χ2n) is 7.10. The maximum Gasteiger partial charge on any atom is 0.407 e. The van der Waals surface area contributed by atoms with E-state index in [1.54, 1.807) is 0 Å². The third-order valence-corrected chi connectivity index (χ3v) is 5.10. The third kappa shape index (κ3) is 4.60. The maximum absolute atomic E-state index is 12.2. The molecule has 0 heterocycles. The molecule has 2 aromatic rings. The van der Waals surface area contributed by atoms with Crippen molar-refractivity contribution >= 4 is 18.0 Å². The summed E-state index contributed by atoms with van der Waals surface area (Å²) in [6.07, 6.45) is -0.896. The highest BCUT2D eigenvalue weighted by Gasteiger charge is 2.29. The van der Waals surface area contributed by atoms with Gasteiger partial charge in [0.05, 0.1) is 0 Å². The molecule has 0 bridgehead atoms. The molecule has 0 saturated heterocycles. The molecule has 30 heavy (non-hydrogen) atoms. The molecular weight excluding hydrogens is 388 g/mol. The van der Waals surface area contributed by atoms with Crippen molar-refractivity contribution in [3.05, 3.63) is 59.7 Å². The lowest BCUT2D eigenvalue weighted by molar-refractivity contribution is -0.142. The first-order valence-corrected chi connectivity index (χ1v) is 9.68. The number of carbonyl (C=O) groups is 3. The Morgan fingerprint density at radius 2 is 1.57 bits per heavy atom. The SMILES string of the molecule is C[C@H](NC(=O)OCC1c2ccccc2-c2ccccc21)C(=O)N[C@@H](CCO)C(=O)O. The number of carbonyl (C=O) groups excluding carboxylic acids is 2. The molecule has 0 spiro atoms. The summed E-state index contributed by atoms with van der Waals surface area (Å²) in [4.78, 5) is 35.4. The highest BCUT2D eigenvalue weighted by Crippen LogP contribution is 2.44. The summed E-state index contributed by atoms with van der Waals surface area (Å²) >= 11 is 0. The predicted molar refractivity (Wildman–Crippen MR) is 109 cm³/mol. The molecule has 1 aliphatic rings. The number of aliphatic hydroxyl groups is 1. The van der Waals surface area contributed by atoms with Gasteiger partial charge in [0.25, 0.3) is 0 Å². The number of alkyl carbamates (subject to hydrolysis) is 1. The molecule has 158 valence electrons. The van der Waals surface area contributed by atoms with Gasteiger partial charge in [-0.05, 0) is 29.2 Å². The monoisotopic (exact) mass is 412 g/mol. The molecule has 8 nitrogen and oxygen atoms in total. The van der Waals surface area contributed by atoms with Crippen LogP contribution >= 0.6 is 0 Å². The van der Waals surface area contributed by atoms with Crippen molar-refractivity contribution in [2.75, 3.05) is 13.2 Å². The Balaban J connectivity index is 1.58. The number of carboxylic acids is 1. The summed E-state index contributed by atoms with van der Waals surface area (Å²) in [6.45, 7) is 1.15. The molecule has 0 aromatic heterocycles. The van der Waals surface area contributed by atoms with E-state index in [9.17, 15) is 14.4 Å². The number of nitrogens with one attached hydrogen (secondary N) is 2. The quantitative estimate of drug-likeness (QED) is 0.525. The Morgan fingerprint density at radius 3 is 2.10 bits per heavy atom. The first kappa shape index (κ1) is 21.3. The van der Waals surface area contributed by atoms with E-state index in [2.05, 4.69) is 10.6 Å². The summed E-state index contributed by atoms with van der Waals surface area (Å²) in [7, 11) is 0. The average Bonchev–Trinajstić information content (AvgIpc) is 3.05. The number of aliphatic hydroxyl groups excluding tert-OH is 1. The van der Waals surface area contributed by atoms with Crippen LogP contribution in [-0.2, 0) is 14.3 Å². The third-order valence-electron chi connectivity index (χ3n) is 5.10. The van der Waals surface area contributed by atoms with Crippen LogP contribution in [0.3, 0.4) is 0 Å². The average molecular weight is 412 g/mol. The number of amides is 2. The zero-order valence-corrected chi connectivity index (χ0v) is 16.5. The van der Waals surface area contributed by atoms with Crippen LogP contribution in [0.25, 0.3) is 11.1 Å². The van der Waals surface area contributed by atoms with Gasteiger partial charge in [0.2, 0.25) is 5.91 Å². The Morgan fingerprint density at radius 1 is 1.00 bits per heavy atom. The molecule has 4 N–H and O–H groups in total. The number of aliphatic carboxylic acids is 1. The molecule has 2 amide bonds. The topological polar surface area (TPSA) is 125 Å². The summed E-state index contributed by atoms with van der Waals surface area (Å²) in [5.41, 5.74) is 4.37. The van der Waals surface area contributed by atoms with Crippen molar-refractivity contribution in [2.45, 2.75) is 31.3 Å². The smallest absolute Gasteiger partial charge is 0.407 e. The van der Waals surface area contributed by atoms with E-state index in [4.69, 9.17) is 14.9 Å². The summed E-state index contributed by atoms with van der Waals surface area (Å²) in [5.74, 6) is -2.04. The van der Waals surface area contributed by atoms with E-state index < -0.39 is 30.1 Å². The van der Waals surface area contributed by atoms with Crippen molar-refractivity contribution in [1.29, 1.82) is 0 Å². The largest absolute Gasteiger partial charge is 0.480 e. The Hall–Kier alpha value is -3.39.